The highest BCUT2D eigenvalue weighted by Gasteiger charge is 2.29. The minimum atomic E-state index is -0.413. The number of hydrogen-bond acceptors (Lipinski definition) is 3. The topological polar surface area (TPSA) is 58.6 Å². The summed E-state index contributed by atoms with van der Waals surface area (Å²) < 4.78 is 5.75. The molecular formula is C19H18N2O3. The van der Waals surface area contributed by atoms with Crippen LogP contribution in [0, 0.1) is 6.92 Å². The Kier molecular flexibility index (Phi) is 4.33. The van der Waals surface area contributed by atoms with Crippen molar-refractivity contribution >= 4 is 18.0 Å². The predicted molar refractivity (Wildman–Crippen MR) is 91.2 cm³/mol. The molecule has 1 aliphatic rings. The lowest BCUT2D eigenvalue weighted by Gasteiger charge is -2.07. The SMILES string of the molecule is Cc1ccc(COc2ccc(/C=C3/NC(=O)N(C)C3=O)cc2)cc1. The van der Waals surface area contributed by atoms with Crippen LogP contribution >= 0.6 is 0 Å². The van der Waals surface area contributed by atoms with Crippen LogP contribution in [0.2, 0.25) is 0 Å². The van der Waals surface area contributed by atoms with Crippen LogP contribution in [-0.4, -0.2) is 23.9 Å². The van der Waals surface area contributed by atoms with E-state index in [0.717, 1.165) is 21.8 Å². The Balaban J connectivity index is 1.64. The molecule has 5 heteroatoms. The number of hydrogen-bond donors (Lipinski definition) is 1. The molecule has 5 nitrogen and oxygen atoms in total. The van der Waals surface area contributed by atoms with E-state index in [9.17, 15) is 9.59 Å². The number of amides is 3. The fourth-order valence-corrected chi connectivity index (χ4v) is 2.30. The monoisotopic (exact) mass is 322 g/mol. The Morgan fingerprint density at radius 1 is 1.04 bits per heavy atom. The molecule has 1 heterocycles. The molecule has 2 aromatic carbocycles. The molecule has 1 aliphatic heterocycles. The second kappa shape index (κ2) is 6.58. The number of carbonyl (C=O) groups is 2. The minimum Gasteiger partial charge on any atom is -0.489 e. The van der Waals surface area contributed by atoms with Crippen molar-refractivity contribution in [1.82, 2.24) is 10.2 Å². The first-order valence-corrected chi connectivity index (χ1v) is 7.62. The Morgan fingerprint density at radius 3 is 2.29 bits per heavy atom. The third-order valence-corrected chi connectivity index (χ3v) is 3.80. The van der Waals surface area contributed by atoms with Crippen molar-refractivity contribution in [3.63, 3.8) is 0 Å². The minimum absolute atomic E-state index is 0.274. The number of benzene rings is 2. The fourth-order valence-electron chi connectivity index (χ4n) is 2.30. The van der Waals surface area contributed by atoms with Crippen molar-refractivity contribution in [2.75, 3.05) is 7.05 Å². The summed E-state index contributed by atoms with van der Waals surface area (Å²) in [5.41, 5.74) is 3.41. The van der Waals surface area contributed by atoms with Gasteiger partial charge in [0.25, 0.3) is 5.91 Å². The molecule has 0 spiro atoms. The number of ether oxygens (including phenoxy) is 1. The molecule has 24 heavy (non-hydrogen) atoms. The van der Waals surface area contributed by atoms with Crippen LogP contribution < -0.4 is 10.1 Å². The Morgan fingerprint density at radius 2 is 1.71 bits per heavy atom. The molecule has 0 radical (unpaired) electrons. The van der Waals surface area contributed by atoms with Crippen LogP contribution in [0.15, 0.2) is 54.2 Å². The van der Waals surface area contributed by atoms with Crippen molar-refractivity contribution in [2.24, 2.45) is 0 Å². The van der Waals surface area contributed by atoms with Gasteiger partial charge in [-0.1, -0.05) is 42.0 Å². The van der Waals surface area contributed by atoms with Crippen molar-refractivity contribution in [3.8, 4) is 5.75 Å². The molecule has 0 saturated carbocycles. The van der Waals surface area contributed by atoms with Gasteiger partial charge in [0.15, 0.2) is 0 Å². The lowest BCUT2D eigenvalue weighted by atomic mass is 10.1. The van der Waals surface area contributed by atoms with E-state index in [1.54, 1.807) is 6.08 Å². The van der Waals surface area contributed by atoms with Crippen LogP contribution in [0.25, 0.3) is 6.08 Å². The molecular weight excluding hydrogens is 304 g/mol. The second-order valence-electron chi connectivity index (χ2n) is 5.70. The van der Waals surface area contributed by atoms with Crippen molar-refractivity contribution in [2.45, 2.75) is 13.5 Å². The molecule has 122 valence electrons. The Bertz CT molecular complexity index is 792. The van der Waals surface area contributed by atoms with E-state index in [1.165, 1.54) is 12.6 Å². The van der Waals surface area contributed by atoms with E-state index < -0.39 is 6.03 Å². The van der Waals surface area contributed by atoms with Crippen LogP contribution in [0.4, 0.5) is 4.79 Å². The summed E-state index contributed by atoms with van der Waals surface area (Å²) in [6.45, 7) is 2.55. The van der Waals surface area contributed by atoms with Gasteiger partial charge in [-0.25, -0.2) is 4.79 Å². The summed E-state index contributed by atoms with van der Waals surface area (Å²) in [6.07, 6.45) is 1.65. The van der Waals surface area contributed by atoms with Gasteiger partial charge in [0.05, 0.1) is 0 Å². The average Bonchev–Trinajstić information content (AvgIpc) is 2.83. The standard InChI is InChI=1S/C19H18N2O3/c1-13-3-5-15(6-4-13)12-24-16-9-7-14(8-10-16)11-17-18(22)21(2)19(23)20-17/h3-11H,12H2,1-2H3,(H,20,23)/b17-11+. The number of carbonyl (C=O) groups excluding carboxylic acids is 2. The molecule has 3 rings (SSSR count). The number of likely N-dealkylation sites (N-methyl/N-ethyl adjacent to an activating group) is 1. The van der Waals surface area contributed by atoms with Gasteiger partial charge < -0.3 is 10.1 Å². The Hall–Kier alpha value is -3.08. The molecule has 1 fully saturated rings. The van der Waals surface area contributed by atoms with Crippen LogP contribution in [0.1, 0.15) is 16.7 Å². The summed E-state index contributed by atoms with van der Waals surface area (Å²) in [4.78, 5) is 24.3. The number of imide groups is 1. The number of nitrogens with one attached hydrogen (secondary N) is 1. The van der Waals surface area contributed by atoms with Crippen molar-refractivity contribution < 1.29 is 14.3 Å². The van der Waals surface area contributed by atoms with E-state index in [-0.39, 0.29) is 11.6 Å². The number of nitrogens with zero attached hydrogens (tertiary/aromatic N) is 1. The van der Waals surface area contributed by atoms with Gasteiger partial charge in [-0.15, -0.1) is 0 Å². The predicted octanol–water partition coefficient (Wildman–Crippen LogP) is 3.10. The number of rotatable bonds is 4. The van der Waals surface area contributed by atoms with Crippen LogP contribution in [-0.2, 0) is 11.4 Å². The van der Waals surface area contributed by atoms with Gasteiger partial charge in [-0.05, 0) is 36.3 Å². The molecule has 2 aromatic rings. The molecule has 0 unspecified atom stereocenters. The van der Waals surface area contributed by atoms with Gasteiger partial charge in [0.1, 0.15) is 18.1 Å². The van der Waals surface area contributed by atoms with Gasteiger partial charge in [-0.3, -0.25) is 9.69 Å². The van der Waals surface area contributed by atoms with Crippen LogP contribution in [0.5, 0.6) is 5.75 Å². The molecule has 3 amide bonds. The molecule has 1 N–H and O–H groups in total. The third kappa shape index (κ3) is 3.46. The summed E-state index contributed by atoms with van der Waals surface area (Å²) in [5.74, 6) is 0.413. The first-order valence-electron chi connectivity index (χ1n) is 7.62. The van der Waals surface area contributed by atoms with E-state index in [0.29, 0.717) is 6.61 Å². The largest absolute Gasteiger partial charge is 0.489 e. The molecule has 0 bridgehead atoms. The zero-order chi connectivity index (χ0) is 17.1. The summed E-state index contributed by atoms with van der Waals surface area (Å²) in [7, 11) is 1.44. The summed E-state index contributed by atoms with van der Waals surface area (Å²) in [5, 5.41) is 2.53. The first-order chi connectivity index (χ1) is 11.5. The normalized spacial score (nSPS) is 15.8. The maximum Gasteiger partial charge on any atom is 0.328 e. The van der Waals surface area contributed by atoms with E-state index in [2.05, 4.69) is 17.4 Å². The lowest BCUT2D eigenvalue weighted by molar-refractivity contribution is -0.121. The van der Waals surface area contributed by atoms with Crippen molar-refractivity contribution in [3.05, 3.63) is 70.9 Å². The molecule has 0 aromatic heterocycles. The maximum absolute atomic E-state index is 11.8. The molecule has 1 saturated heterocycles. The molecule has 0 aliphatic carbocycles. The number of aryl methyl sites for hydroxylation is 1. The first kappa shape index (κ1) is 15.8. The summed E-state index contributed by atoms with van der Waals surface area (Å²) in [6, 6.07) is 15.1. The summed E-state index contributed by atoms with van der Waals surface area (Å²) >= 11 is 0. The van der Waals surface area contributed by atoms with Crippen LogP contribution in [0.3, 0.4) is 0 Å². The zero-order valence-electron chi connectivity index (χ0n) is 13.6. The van der Waals surface area contributed by atoms with E-state index in [1.807, 2.05) is 43.3 Å². The fraction of sp³-hybridized carbons (Fsp3) is 0.158. The highest BCUT2D eigenvalue weighted by atomic mass is 16.5. The number of urea groups is 1. The highest BCUT2D eigenvalue weighted by molar-refractivity contribution is 6.13. The second-order valence-corrected chi connectivity index (χ2v) is 5.70. The average molecular weight is 322 g/mol. The highest BCUT2D eigenvalue weighted by Crippen LogP contribution is 2.17. The maximum atomic E-state index is 11.8. The van der Waals surface area contributed by atoms with Gasteiger partial charge in [0, 0.05) is 7.05 Å². The van der Waals surface area contributed by atoms with Gasteiger partial charge >= 0.3 is 6.03 Å². The van der Waals surface area contributed by atoms with Gasteiger partial charge in [-0.2, -0.15) is 0 Å². The Labute approximate surface area is 140 Å². The van der Waals surface area contributed by atoms with E-state index in [4.69, 9.17) is 4.74 Å². The smallest absolute Gasteiger partial charge is 0.328 e. The quantitative estimate of drug-likeness (QED) is 0.695. The lowest BCUT2D eigenvalue weighted by Crippen LogP contribution is -2.25. The van der Waals surface area contributed by atoms with Gasteiger partial charge in [0.2, 0.25) is 0 Å². The van der Waals surface area contributed by atoms with Crippen molar-refractivity contribution in [1.29, 1.82) is 0 Å². The zero-order valence-corrected chi connectivity index (χ0v) is 13.6. The third-order valence-electron chi connectivity index (χ3n) is 3.80. The van der Waals surface area contributed by atoms with E-state index >= 15 is 0 Å². The molecule has 0 atom stereocenters.